The van der Waals surface area contributed by atoms with E-state index < -0.39 is 6.10 Å². The van der Waals surface area contributed by atoms with Gasteiger partial charge in [0.1, 0.15) is 0 Å². The van der Waals surface area contributed by atoms with Crippen LogP contribution in [0.3, 0.4) is 0 Å². The summed E-state index contributed by atoms with van der Waals surface area (Å²) in [6, 6.07) is 9.89. The van der Waals surface area contributed by atoms with Gasteiger partial charge in [-0.25, -0.2) is 0 Å². The van der Waals surface area contributed by atoms with Crippen LogP contribution >= 0.6 is 0 Å². The minimum absolute atomic E-state index is 0.0220. The van der Waals surface area contributed by atoms with Gasteiger partial charge < -0.3 is 9.64 Å². The highest BCUT2D eigenvalue weighted by Crippen LogP contribution is 2.35. The van der Waals surface area contributed by atoms with Gasteiger partial charge in [-0.1, -0.05) is 42.5 Å². The molecule has 2 rings (SSSR count). The second-order valence-electron chi connectivity index (χ2n) is 6.39. The summed E-state index contributed by atoms with van der Waals surface area (Å²) < 4.78 is 5.82. The molecular formula is C17H23NO2. The molecule has 1 heterocycles. The van der Waals surface area contributed by atoms with Crippen LogP contribution in [0.2, 0.25) is 0 Å². The summed E-state index contributed by atoms with van der Waals surface area (Å²) >= 11 is 0. The molecular weight excluding hydrogens is 250 g/mol. The molecule has 0 spiro atoms. The van der Waals surface area contributed by atoms with Crippen molar-refractivity contribution in [2.45, 2.75) is 52.0 Å². The third kappa shape index (κ3) is 2.78. The molecule has 0 bridgehead atoms. The Bertz CT molecular complexity index is 501. The summed E-state index contributed by atoms with van der Waals surface area (Å²) in [5.41, 5.74) is 1.85. The fraction of sp³-hybridized carbons (Fsp3) is 0.471. The van der Waals surface area contributed by atoms with Gasteiger partial charge in [-0.05, 0) is 33.3 Å². The lowest BCUT2D eigenvalue weighted by Crippen LogP contribution is -2.71. The van der Waals surface area contributed by atoms with E-state index >= 15 is 0 Å². The first-order chi connectivity index (χ1) is 9.32. The van der Waals surface area contributed by atoms with Crippen molar-refractivity contribution in [3.63, 3.8) is 0 Å². The molecule has 108 valence electrons. The standard InChI is InChI=1S/C17H23NO2/c1-12(2)14-15(16(19)18(14)17(3,4)5)20-11-13-9-7-6-8-10-13/h6-10,14-15H,1,11H2,2-5H3/t14-,15+/m0/s1. The van der Waals surface area contributed by atoms with Crippen LogP contribution in [0.25, 0.3) is 0 Å². The van der Waals surface area contributed by atoms with E-state index in [9.17, 15) is 4.79 Å². The van der Waals surface area contributed by atoms with Crippen molar-refractivity contribution < 1.29 is 9.53 Å². The van der Waals surface area contributed by atoms with E-state index in [1.54, 1.807) is 0 Å². The molecule has 0 aromatic heterocycles. The Morgan fingerprint density at radius 2 is 1.90 bits per heavy atom. The molecule has 1 aliphatic rings. The van der Waals surface area contributed by atoms with Crippen molar-refractivity contribution >= 4 is 5.91 Å². The molecule has 1 aromatic carbocycles. The van der Waals surface area contributed by atoms with Gasteiger partial charge in [0, 0.05) is 5.54 Å². The van der Waals surface area contributed by atoms with Crippen molar-refractivity contribution in [3.8, 4) is 0 Å². The minimum Gasteiger partial charge on any atom is -0.361 e. The van der Waals surface area contributed by atoms with E-state index in [4.69, 9.17) is 4.74 Å². The zero-order chi connectivity index (χ0) is 14.9. The van der Waals surface area contributed by atoms with Gasteiger partial charge in [0.2, 0.25) is 0 Å². The average molecular weight is 273 g/mol. The SMILES string of the molecule is C=C(C)[C@H]1[C@@H](OCc2ccccc2)C(=O)N1C(C)(C)C. The predicted molar refractivity (Wildman–Crippen MR) is 80.2 cm³/mol. The van der Waals surface area contributed by atoms with Crippen LogP contribution in [-0.4, -0.2) is 28.5 Å². The molecule has 20 heavy (non-hydrogen) atoms. The maximum atomic E-state index is 12.3. The third-order valence-corrected chi connectivity index (χ3v) is 3.55. The third-order valence-electron chi connectivity index (χ3n) is 3.55. The Hall–Kier alpha value is -1.61. The van der Waals surface area contributed by atoms with E-state index in [-0.39, 0.29) is 17.5 Å². The van der Waals surface area contributed by atoms with E-state index in [1.165, 1.54) is 0 Å². The van der Waals surface area contributed by atoms with Crippen LogP contribution in [0.5, 0.6) is 0 Å². The molecule has 1 amide bonds. The van der Waals surface area contributed by atoms with Crippen molar-refractivity contribution in [1.82, 2.24) is 4.90 Å². The molecule has 2 atom stereocenters. The minimum atomic E-state index is -0.396. The number of hydrogen-bond donors (Lipinski definition) is 0. The highest BCUT2D eigenvalue weighted by atomic mass is 16.5. The number of carbonyl (C=O) groups excluding carboxylic acids is 1. The Balaban J connectivity index is 2.05. The maximum absolute atomic E-state index is 12.3. The number of likely N-dealkylation sites (tertiary alicyclic amines) is 1. The fourth-order valence-electron chi connectivity index (χ4n) is 2.61. The predicted octanol–water partition coefficient (Wildman–Crippen LogP) is 3.16. The first-order valence-electron chi connectivity index (χ1n) is 6.96. The summed E-state index contributed by atoms with van der Waals surface area (Å²) in [5, 5.41) is 0. The van der Waals surface area contributed by atoms with Crippen molar-refractivity contribution in [2.24, 2.45) is 0 Å². The van der Waals surface area contributed by atoms with E-state index in [0.29, 0.717) is 6.61 Å². The summed E-state index contributed by atoms with van der Waals surface area (Å²) in [6.07, 6.45) is -0.396. The van der Waals surface area contributed by atoms with Crippen LogP contribution < -0.4 is 0 Å². The van der Waals surface area contributed by atoms with E-state index in [0.717, 1.165) is 11.1 Å². The number of ether oxygens (including phenoxy) is 1. The first kappa shape index (κ1) is 14.8. The summed E-state index contributed by atoms with van der Waals surface area (Å²) in [7, 11) is 0. The summed E-state index contributed by atoms with van der Waals surface area (Å²) in [5.74, 6) is 0.0569. The van der Waals surface area contributed by atoms with Crippen molar-refractivity contribution in [2.75, 3.05) is 0 Å². The van der Waals surface area contributed by atoms with Crippen LogP contribution in [0.1, 0.15) is 33.3 Å². The lowest BCUT2D eigenvalue weighted by atomic mass is 9.86. The highest BCUT2D eigenvalue weighted by Gasteiger charge is 2.52. The van der Waals surface area contributed by atoms with Gasteiger partial charge in [0.05, 0.1) is 12.6 Å². The fourth-order valence-corrected chi connectivity index (χ4v) is 2.61. The highest BCUT2D eigenvalue weighted by molar-refractivity contribution is 5.90. The second-order valence-corrected chi connectivity index (χ2v) is 6.39. The number of rotatable bonds is 4. The number of hydrogen-bond acceptors (Lipinski definition) is 2. The number of amides is 1. The molecule has 0 saturated carbocycles. The van der Waals surface area contributed by atoms with Crippen LogP contribution in [0.4, 0.5) is 0 Å². The zero-order valence-corrected chi connectivity index (χ0v) is 12.7. The molecule has 0 N–H and O–H groups in total. The number of carbonyl (C=O) groups is 1. The van der Waals surface area contributed by atoms with Crippen molar-refractivity contribution in [3.05, 3.63) is 48.0 Å². The summed E-state index contributed by atoms with van der Waals surface area (Å²) in [4.78, 5) is 14.2. The Morgan fingerprint density at radius 3 is 2.40 bits per heavy atom. The van der Waals surface area contributed by atoms with Gasteiger partial charge in [0.25, 0.3) is 5.91 Å². The van der Waals surface area contributed by atoms with E-state index in [1.807, 2.05) is 62.9 Å². The molecule has 1 saturated heterocycles. The molecule has 1 fully saturated rings. The molecule has 0 unspecified atom stereocenters. The van der Waals surface area contributed by atoms with Gasteiger partial charge in [-0.3, -0.25) is 4.79 Å². The average Bonchev–Trinajstić information content (AvgIpc) is 2.35. The zero-order valence-electron chi connectivity index (χ0n) is 12.7. The Morgan fingerprint density at radius 1 is 1.30 bits per heavy atom. The van der Waals surface area contributed by atoms with Crippen LogP contribution in [0, 0.1) is 0 Å². The lowest BCUT2D eigenvalue weighted by molar-refractivity contribution is -0.182. The maximum Gasteiger partial charge on any atom is 0.255 e. The quantitative estimate of drug-likeness (QED) is 0.623. The molecule has 0 radical (unpaired) electrons. The smallest absolute Gasteiger partial charge is 0.255 e. The molecule has 3 heteroatoms. The van der Waals surface area contributed by atoms with Gasteiger partial charge in [-0.15, -0.1) is 0 Å². The molecule has 3 nitrogen and oxygen atoms in total. The van der Waals surface area contributed by atoms with E-state index in [2.05, 4.69) is 6.58 Å². The van der Waals surface area contributed by atoms with Crippen LogP contribution in [0.15, 0.2) is 42.5 Å². The molecule has 1 aliphatic heterocycles. The molecule has 0 aliphatic carbocycles. The summed E-state index contributed by atoms with van der Waals surface area (Å²) in [6.45, 7) is 12.5. The topological polar surface area (TPSA) is 29.5 Å². The molecule has 1 aromatic rings. The number of benzene rings is 1. The van der Waals surface area contributed by atoms with Gasteiger partial charge in [-0.2, -0.15) is 0 Å². The Labute approximate surface area is 121 Å². The first-order valence-corrected chi connectivity index (χ1v) is 6.96. The van der Waals surface area contributed by atoms with Crippen LogP contribution in [-0.2, 0) is 16.1 Å². The second kappa shape index (κ2) is 5.41. The van der Waals surface area contributed by atoms with Crippen molar-refractivity contribution in [1.29, 1.82) is 0 Å². The Kier molecular flexibility index (Phi) is 4.00. The normalized spacial score (nSPS) is 22.6. The largest absolute Gasteiger partial charge is 0.361 e. The lowest BCUT2D eigenvalue weighted by Gasteiger charge is -2.53. The number of β-lactam (4-membered cyclic amide) rings is 1. The van der Waals surface area contributed by atoms with Gasteiger partial charge in [0.15, 0.2) is 6.10 Å². The number of nitrogens with zero attached hydrogens (tertiary/aromatic N) is 1. The monoisotopic (exact) mass is 273 g/mol. The van der Waals surface area contributed by atoms with Gasteiger partial charge >= 0.3 is 0 Å².